The Hall–Kier alpha value is -1.41. The van der Waals surface area contributed by atoms with E-state index in [1.54, 1.807) is 4.68 Å². The van der Waals surface area contributed by atoms with Gasteiger partial charge in [0.25, 0.3) is 5.91 Å². The summed E-state index contributed by atoms with van der Waals surface area (Å²) in [6.07, 6.45) is 3.57. The first-order valence-electron chi connectivity index (χ1n) is 9.86. The number of rotatable bonds is 5. The van der Waals surface area contributed by atoms with Gasteiger partial charge < -0.3 is 15.4 Å². The summed E-state index contributed by atoms with van der Waals surface area (Å²) in [5.41, 5.74) is 0.277. The zero-order valence-corrected chi connectivity index (χ0v) is 18.0. The molecule has 0 radical (unpaired) electrons. The molecule has 1 unspecified atom stereocenters. The van der Waals surface area contributed by atoms with E-state index in [4.69, 9.17) is 21.4 Å². The van der Waals surface area contributed by atoms with Crippen molar-refractivity contribution < 1.29 is 9.53 Å². The molecule has 152 valence electrons. The molecule has 2 saturated heterocycles. The van der Waals surface area contributed by atoms with Crippen molar-refractivity contribution in [2.45, 2.75) is 51.6 Å². The normalized spacial score (nSPS) is 24.4. The van der Waals surface area contributed by atoms with E-state index in [0.29, 0.717) is 19.8 Å². The van der Waals surface area contributed by atoms with Crippen molar-refractivity contribution in [3.63, 3.8) is 0 Å². The highest BCUT2D eigenvalue weighted by molar-refractivity contribution is 7.16. The molecule has 2 aromatic heterocycles. The quantitative estimate of drug-likeness (QED) is 0.753. The van der Waals surface area contributed by atoms with Crippen LogP contribution in [0.5, 0.6) is 0 Å². The summed E-state index contributed by atoms with van der Waals surface area (Å²) in [4.78, 5) is 14.6. The van der Waals surface area contributed by atoms with E-state index in [-0.39, 0.29) is 11.4 Å². The van der Waals surface area contributed by atoms with Gasteiger partial charge in [0.1, 0.15) is 5.82 Å². The van der Waals surface area contributed by atoms with Gasteiger partial charge in [-0.3, -0.25) is 4.79 Å². The lowest BCUT2D eigenvalue weighted by molar-refractivity contribution is 0.0168. The van der Waals surface area contributed by atoms with Crippen molar-refractivity contribution in [1.82, 2.24) is 15.1 Å². The fraction of sp³-hybridized carbons (Fsp3) is 0.600. The number of nitrogens with zero attached hydrogens (tertiary/aromatic N) is 2. The van der Waals surface area contributed by atoms with Crippen LogP contribution < -0.4 is 10.6 Å². The van der Waals surface area contributed by atoms with Crippen LogP contribution in [0.25, 0.3) is 0 Å². The smallest absolute Gasteiger partial charge is 0.254 e. The molecule has 2 aliphatic rings. The van der Waals surface area contributed by atoms with Gasteiger partial charge in [-0.2, -0.15) is 9.78 Å². The van der Waals surface area contributed by atoms with Crippen molar-refractivity contribution in [2.24, 2.45) is 5.41 Å². The number of nitrogens with one attached hydrogen (secondary N) is 2. The van der Waals surface area contributed by atoms with Crippen molar-refractivity contribution in [1.29, 1.82) is 0 Å². The average molecular weight is 423 g/mol. The van der Waals surface area contributed by atoms with Gasteiger partial charge in [-0.15, -0.1) is 11.3 Å². The summed E-state index contributed by atoms with van der Waals surface area (Å²) >= 11 is 7.59. The fourth-order valence-electron chi connectivity index (χ4n) is 3.96. The number of hydrogen-bond donors (Lipinski definition) is 2. The van der Waals surface area contributed by atoms with Crippen LogP contribution >= 0.6 is 22.9 Å². The molecule has 8 heteroatoms. The summed E-state index contributed by atoms with van der Waals surface area (Å²) in [6.45, 7) is 7.01. The molecule has 6 nitrogen and oxygen atoms in total. The number of halogens is 1. The lowest BCUT2D eigenvalue weighted by Gasteiger charge is -2.31. The minimum atomic E-state index is -0.450. The Kier molecular flexibility index (Phi) is 5.53. The number of anilines is 1. The SMILES string of the molecule is CC1(C(=O)n2nc(C3(C)CCCN3)cc2NCc2ccc(Cl)s2)CCOCC1. The highest BCUT2D eigenvalue weighted by atomic mass is 35.5. The molecule has 0 saturated carbocycles. The van der Waals surface area contributed by atoms with E-state index in [0.717, 1.165) is 53.0 Å². The van der Waals surface area contributed by atoms with Gasteiger partial charge >= 0.3 is 0 Å². The highest BCUT2D eigenvalue weighted by Gasteiger charge is 2.40. The fourth-order valence-corrected chi connectivity index (χ4v) is 4.99. The van der Waals surface area contributed by atoms with Gasteiger partial charge in [0.05, 0.1) is 27.5 Å². The lowest BCUT2D eigenvalue weighted by atomic mass is 9.81. The van der Waals surface area contributed by atoms with E-state index in [1.165, 1.54) is 11.3 Å². The van der Waals surface area contributed by atoms with Gasteiger partial charge in [0, 0.05) is 24.2 Å². The molecule has 1 atom stereocenters. The number of ether oxygens (including phenoxy) is 1. The third kappa shape index (κ3) is 3.85. The molecule has 0 aliphatic carbocycles. The monoisotopic (exact) mass is 422 g/mol. The van der Waals surface area contributed by atoms with Crippen molar-refractivity contribution in [2.75, 3.05) is 25.1 Å². The van der Waals surface area contributed by atoms with E-state index in [2.05, 4.69) is 17.6 Å². The maximum atomic E-state index is 13.5. The number of carbonyl (C=O) groups excluding carboxylic acids is 1. The van der Waals surface area contributed by atoms with Gasteiger partial charge in [0.2, 0.25) is 0 Å². The molecular formula is C20H27ClN4O2S. The lowest BCUT2D eigenvalue weighted by Crippen LogP contribution is -2.39. The Morgan fingerprint density at radius 2 is 2.14 bits per heavy atom. The molecule has 4 rings (SSSR count). The molecule has 28 heavy (non-hydrogen) atoms. The van der Waals surface area contributed by atoms with Crippen molar-refractivity contribution in [3.8, 4) is 0 Å². The Morgan fingerprint density at radius 3 is 2.79 bits per heavy atom. The average Bonchev–Trinajstić information content (AvgIpc) is 3.40. The third-order valence-electron chi connectivity index (χ3n) is 6.02. The van der Waals surface area contributed by atoms with Crippen molar-refractivity contribution in [3.05, 3.63) is 33.1 Å². The minimum absolute atomic E-state index is 0.0374. The summed E-state index contributed by atoms with van der Waals surface area (Å²) in [7, 11) is 0. The largest absolute Gasteiger partial charge is 0.381 e. The van der Waals surface area contributed by atoms with Crippen LogP contribution in [-0.2, 0) is 16.8 Å². The van der Waals surface area contributed by atoms with Gasteiger partial charge in [0.15, 0.2) is 0 Å². The zero-order valence-electron chi connectivity index (χ0n) is 16.4. The molecule has 0 bridgehead atoms. The maximum Gasteiger partial charge on any atom is 0.254 e. The summed E-state index contributed by atoms with van der Waals surface area (Å²) in [5, 5.41) is 11.7. The summed E-state index contributed by atoms with van der Waals surface area (Å²) < 4.78 is 7.82. The molecule has 2 N–H and O–H groups in total. The van der Waals surface area contributed by atoms with Crippen LogP contribution in [-0.4, -0.2) is 35.4 Å². The molecule has 2 fully saturated rings. The van der Waals surface area contributed by atoms with Crippen LogP contribution in [0.4, 0.5) is 5.82 Å². The predicted molar refractivity (Wildman–Crippen MR) is 112 cm³/mol. The maximum absolute atomic E-state index is 13.5. The summed E-state index contributed by atoms with van der Waals surface area (Å²) in [5.74, 6) is 0.780. The predicted octanol–water partition coefficient (Wildman–Crippen LogP) is 4.27. The number of thiophene rings is 1. The van der Waals surface area contributed by atoms with Gasteiger partial charge in [-0.25, -0.2) is 0 Å². The topological polar surface area (TPSA) is 68.2 Å². The van der Waals surface area contributed by atoms with Crippen LogP contribution in [0.15, 0.2) is 18.2 Å². The Balaban J connectivity index is 1.64. The first kappa shape index (κ1) is 19.9. The first-order chi connectivity index (χ1) is 13.4. The number of aromatic nitrogens is 2. The van der Waals surface area contributed by atoms with Gasteiger partial charge in [-0.05, 0) is 51.3 Å². The second-order valence-corrected chi connectivity index (χ2v) is 10.0. The third-order valence-corrected chi connectivity index (χ3v) is 7.25. The number of hydrogen-bond acceptors (Lipinski definition) is 6. The summed E-state index contributed by atoms with van der Waals surface area (Å²) in [6, 6.07) is 5.92. The minimum Gasteiger partial charge on any atom is -0.381 e. The molecular weight excluding hydrogens is 396 g/mol. The molecule has 2 aliphatic heterocycles. The molecule has 0 spiro atoms. The Morgan fingerprint density at radius 1 is 1.36 bits per heavy atom. The zero-order chi connectivity index (χ0) is 19.8. The number of carbonyl (C=O) groups is 1. The van der Waals surface area contributed by atoms with Crippen LogP contribution in [0, 0.1) is 5.41 Å². The second kappa shape index (κ2) is 7.78. The second-order valence-electron chi connectivity index (χ2n) is 8.23. The molecule has 0 amide bonds. The van der Waals surface area contributed by atoms with Crippen LogP contribution in [0.3, 0.4) is 0 Å². The van der Waals surface area contributed by atoms with E-state index >= 15 is 0 Å². The van der Waals surface area contributed by atoms with E-state index in [1.807, 2.05) is 25.1 Å². The molecule has 4 heterocycles. The van der Waals surface area contributed by atoms with Crippen molar-refractivity contribution >= 4 is 34.7 Å². The van der Waals surface area contributed by atoms with E-state index < -0.39 is 5.41 Å². The first-order valence-corrected chi connectivity index (χ1v) is 11.1. The highest BCUT2D eigenvalue weighted by Crippen LogP contribution is 2.35. The molecule has 0 aromatic carbocycles. The van der Waals surface area contributed by atoms with Crippen LogP contribution in [0.2, 0.25) is 4.34 Å². The standard InChI is InChI=1S/C20H27ClN4O2S/c1-19(7-10-27-11-8-19)18(26)25-17(22-13-14-4-5-16(21)28-14)12-15(24-25)20(2)6-3-9-23-20/h4-5,12,22-23H,3,6-11,13H2,1-2H3. The van der Waals surface area contributed by atoms with E-state index in [9.17, 15) is 4.79 Å². The van der Waals surface area contributed by atoms with Crippen LogP contribution in [0.1, 0.15) is 54.9 Å². The Labute approximate surface area is 174 Å². The van der Waals surface area contributed by atoms with Gasteiger partial charge in [-0.1, -0.05) is 18.5 Å². The Bertz CT molecular complexity index is 850. The molecule has 2 aromatic rings.